The molecule has 0 radical (unpaired) electrons. The molecular formula is C15H18IN3O. The van der Waals surface area contributed by atoms with Gasteiger partial charge in [0.25, 0.3) is 5.91 Å². The summed E-state index contributed by atoms with van der Waals surface area (Å²) < 4.78 is 2.97. The van der Waals surface area contributed by atoms with E-state index in [2.05, 4.69) is 46.9 Å². The third kappa shape index (κ3) is 3.03. The molecule has 1 N–H and O–H groups in total. The normalized spacial score (nSPS) is 10.9. The average Bonchev–Trinajstić information content (AvgIpc) is 2.67. The Morgan fingerprint density at radius 1 is 1.35 bits per heavy atom. The zero-order chi connectivity index (χ0) is 14.9. The summed E-state index contributed by atoms with van der Waals surface area (Å²) in [6.45, 7) is 8.04. The van der Waals surface area contributed by atoms with Crippen molar-refractivity contribution in [3.8, 4) is 0 Å². The minimum absolute atomic E-state index is 0.0991. The summed E-state index contributed by atoms with van der Waals surface area (Å²) >= 11 is 2.20. The number of hydrogen-bond acceptors (Lipinski definition) is 2. The van der Waals surface area contributed by atoms with Gasteiger partial charge in [-0.1, -0.05) is 6.07 Å². The first-order valence-electron chi connectivity index (χ1n) is 6.52. The number of carbonyl (C=O) groups excluding carboxylic acids is 1. The highest BCUT2D eigenvalue weighted by molar-refractivity contribution is 14.1. The van der Waals surface area contributed by atoms with Gasteiger partial charge >= 0.3 is 0 Å². The molecule has 0 saturated heterocycles. The number of aromatic nitrogens is 2. The minimum Gasteiger partial charge on any atom is -0.319 e. The Morgan fingerprint density at radius 2 is 2.05 bits per heavy atom. The van der Waals surface area contributed by atoms with E-state index in [9.17, 15) is 4.79 Å². The molecule has 0 saturated carbocycles. The Balaban J connectivity index is 2.29. The summed E-state index contributed by atoms with van der Waals surface area (Å²) in [4.78, 5) is 12.3. The van der Waals surface area contributed by atoms with E-state index in [-0.39, 0.29) is 11.9 Å². The lowest BCUT2D eigenvalue weighted by atomic mass is 10.2. The van der Waals surface area contributed by atoms with Crippen molar-refractivity contribution < 1.29 is 4.79 Å². The van der Waals surface area contributed by atoms with Gasteiger partial charge in [-0.2, -0.15) is 5.10 Å². The lowest BCUT2D eigenvalue weighted by Crippen LogP contribution is -2.13. The van der Waals surface area contributed by atoms with Crippen LogP contribution in [0.3, 0.4) is 0 Å². The highest BCUT2D eigenvalue weighted by Crippen LogP contribution is 2.23. The first-order valence-corrected chi connectivity index (χ1v) is 7.60. The topological polar surface area (TPSA) is 46.9 Å². The van der Waals surface area contributed by atoms with Gasteiger partial charge in [-0.3, -0.25) is 9.48 Å². The van der Waals surface area contributed by atoms with Gasteiger partial charge in [0.15, 0.2) is 0 Å². The largest absolute Gasteiger partial charge is 0.319 e. The van der Waals surface area contributed by atoms with Crippen molar-refractivity contribution >= 4 is 34.2 Å². The number of aryl methyl sites for hydroxylation is 1. The zero-order valence-corrected chi connectivity index (χ0v) is 14.2. The van der Waals surface area contributed by atoms with Crippen LogP contribution in [0.1, 0.15) is 41.6 Å². The van der Waals surface area contributed by atoms with E-state index in [0.717, 1.165) is 20.6 Å². The van der Waals surface area contributed by atoms with E-state index in [1.165, 1.54) is 0 Å². The molecule has 1 aromatic heterocycles. The Bertz CT molecular complexity index is 647. The van der Waals surface area contributed by atoms with E-state index in [0.29, 0.717) is 5.56 Å². The monoisotopic (exact) mass is 383 g/mol. The van der Waals surface area contributed by atoms with E-state index in [4.69, 9.17) is 0 Å². The van der Waals surface area contributed by atoms with E-state index >= 15 is 0 Å². The molecule has 0 aliphatic heterocycles. The van der Waals surface area contributed by atoms with Crippen LogP contribution < -0.4 is 5.32 Å². The summed E-state index contributed by atoms with van der Waals surface area (Å²) in [5.74, 6) is -0.0991. The second-order valence-electron chi connectivity index (χ2n) is 5.05. The van der Waals surface area contributed by atoms with Crippen LogP contribution >= 0.6 is 22.6 Å². The van der Waals surface area contributed by atoms with Crippen molar-refractivity contribution in [2.45, 2.75) is 33.7 Å². The summed E-state index contributed by atoms with van der Waals surface area (Å²) in [7, 11) is 0. The molecule has 0 bridgehead atoms. The lowest BCUT2D eigenvalue weighted by molar-refractivity contribution is 0.102. The average molecular weight is 383 g/mol. The molecule has 20 heavy (non-hydrogen) atoms. The van der Waals surface area contributed by atoms with Gasteiger partial charge in [-0.25, -0.2) is 0 Å². The molecule has 2 aromatic rings. The van der Waals surface area contributed by atoms with Crippen LogP contribution in [0.2, 0.25) is 0 Å². The molecule has 0 unspecified atom stereocenters. The Kier molecular flexibility index (Phi) is 4.47. The van der Waals surface area contributed by atoms with Gasteiger partial charge in [-0.05, 0) is 68.5 Å². The number of anilines is 1. The van der Waals surface area contributed by atoms with E-state index in [1.807, 2.05) is 42.8 Å². The van der Waals surface area contributed by atoms with Crippen molar-refractivity contribution in [3.05, 3.63) is 44.8 Å². The van der Waals surface area contributed by atoms with Gasteiger partial charge in [0.2, 0.25) is 0 Å². The molecular weight excluding hydrogens is 365 g/mol. The van der Waals surface area contributed by atoms with Crippen LogP contribution in [0.25, 0.3) is 0 Å². The quantitative estimate of drug-likeness (QED) is 0.817. The third-order valence-electron chi connectivity index (χ3n) is 3.14. The SMILES string of the molecule is Cc1nn(C(C)C)c(C)c1NC(=O)c1cccc(I)c1. The van der Waals surface area contributed by atoms with Gasteiger partial charge in [0.1, 0.15) is 0 Å². The molecule has 0 aliphatic carbocycles. The molecule has 0 aliphatic rings. The number of benzene rings is 1. The summed E-state index contributed by atoms with van der Waals surface area (Å²) in [5.41, 5.74) is 3.29. The van der Waals surface area contributed by atoms with E-state index in [1.54, 1.807) is 0 Å². The lowest BCUT2D eigenvalue weighted by Gasteiger charge is -2.09. The van der Waals surface area contributed by atoms with Crippen LogP contribution in [0.5, 0.6) is 0 Å². The maximum atomic E-state index is 12.3. The predicted molar refractivity (Wildman–Crippen MR) is 89.2 cm³/mol. The zero-order valence-electron chi connectivity index (χ0n) is 12.1. The molecule has 2 rings (SSSR count). The maximum Gasteiger partial charge on any atom is 0.255 e. The number of rotatable bonds is 3. The van der Waals surface area contributed by atoms with Crippen LogP contribution in [0, 0.1) is 17.4 Å². The fraction of sp³-hybridized carbons (Fsp3) is 0.333. The smallest absolute Gasteiger partial charge is 0.255 e. The Labute approximate surface area is 132 Å². The van der Waals surface area contributed by atoms with Crippen molar-refractivity contribution in [3.63, 3.8) is 0 Å². The highest BCUT2D eigenvalue weighted by Gasteiger charge is 2.16. The van der Waals surface area contributed by atoms with Gasteiger partial charge in [0, 0.05) is 15.2 Å². The first kappa shape index (κ1) is 15.0. The predicted octanol–water partition coefficient (Wildman–Crippen LogP) is 3.94. The summed E-state index contributed by atoms with van der Waals surface area (Å²) in [5, 5.41) is 7.45. The second-order valence-corrected chi connectivity index (χ2v) is 6.29. The van der Waals surface area contributed by atoms with Crippen LogP contribution in [-0.2, 0) is 0 Å². The second kappa shape index (κ2) is 5.95. The molecule has 5 heteroatoms. The van der Waals surface area contributed by atoms with Crippen LogP contribution in [0.15, 0.2) is 24.3 Å². The van der Waals surface area contributed by atoms with Crippen molar-refractivity contribution in [2.75, 3.05) is 5.32 Å². The number of carbonyl (C=O) groups is 1. The van der Waals surface area contributed by atoms with Crippen LogP contribution in [-0.4, -0.2) is 15.7 Å². The highest BCUT2D eigenvalue weighted by atomic mass is 127. The number of nitrogens with one attached hydrogen (secondary N) is 1. The molecule has 1 heterocycles. The Morgan fingerprint density at radius 3 is 2.60 bits per heavy atom. The first-order chi connectivity index (χ1) is 9.40. The Hall–Kier alpha value is -1.37. The number of hydrogen-bond donors (Lipinski definition) is 1. The molecule has 0 spiro atoms. The van der Waals surface area contributed by atoms with Crippen molar-refractivity contribution in [1.82, 2.24) is 9.78 Å². The summed E-state index contributed by atoms with van der Waals surface area (Å²) in [6, 6.07) is 7.80. The third-order valence-corrected chi connectivity index (χ3v) is 3.81. The molecule has 0 fully saturated rings. The standard InChI is InChI=1S/C15H18IN3O/c1-9(2)19-11(4)14(10(3)18-19)17-15(20)12-6-5-7-13(16)8-12/h5-9H,1-4H3,(H,17,20). The molecule has 106 valence electrons. The number of halogens is 1. The van der Waals surface area contributed by atoms with Gasteiger partial charge in [-0.15, -0.1) is 0 Å². The van der Waals surface area contributed by atoms with Gasteiger partial charge in [0.05, 0.1) is 17.1 Å². The van der Waals surface area contributed by atoms with Gasteiger partial charge < -0.3 is 5.32 Å². The minimum atomic E-state index is -0.0991. The van der Waals surface area contributed by atoms with Crippen molar-refractivity contribution in [1.29, 1.82) is 0 Å². The van der Waals surface area contributed by atoms with Crippen molar-refractivity contribution in [2.24, 2.45) is 0 Å². The number of nitrogens with zero attached hydrogens (tertiary/aromatic N) is 2. The number of amides is 1. The molecule has 1 amide bonds. The molecule has 4 nitrogen and oxygen atoms in total. The summed E-state index contributed by atoms with van der Waals surface area (Å²) in [6.07, 6.45) is 0. The fourth-order valence-electron chi connectivity index (χ4n) is 2.16. The fourth-order valence-corrected chi connectivity index (χ4v) is 2.71. The van der Waals surface area contributed by atoms with Crippen LogP contribution in [0.4, 0.5) is 5.69 Å². The maximum absolute atomic E-state index is 12.3. The molecule has 0 atom stereocenters. The van der Waals surface area contributed by atoms with E-state index < -0.39 is 0 Å². The molecule has 1 aromatic carbocycles.